The van der Waals surface area contributed by atoms with Gasteiger partial charge in [0.15, 0.2) is 6.79 Å². The van der Waals surface area contributed by atoms with Gasteiger partial charge in [-0.25, -0.2) is 0 Å². The Morgan fingerprint density at radius 1 is 0.816 bits per heavy atom. The molecule has 4 aromatic carbocycles. The number of aliphatic hydroxyl groups is 1. The zero-order valence-corrected chi connectivity index (χ0v) is 30.9. The molecular formula is C38H43BrN2O6S2. The van der Waals surface area contributed by atoms with E-state index in [1.807, 2.05) is 42.1 Å². The van der Waals surface area contributed by atoms with Crippen molar-refractivity contribution in [3.05, 3.63) is 107 Å². The number of benzene rings is 4. The van der Waals surface area contributed by atoms with Crippen molar-refractivity contribution in [1.29, 1.82) is 0 Å². The van der Waals surface area contributed by atoms with Crippen LogP contribution in [-0.2, 0) is 14.2 Å². The molecule has 0 spiro atoms. The van der Waals surface area contributed by atoms with Crippen LogP contribution in [0.1, 0.15) is 21.6 Å². The molecule has 3 aliphatic rings. The first-order valence-electron chi connectivity index (χ1n) is 16.5. The molecule has 0 amide bonds. The first-order chi connectivity index (χ1) is 24.1. The zero-order chi connectivity index (χ0) is 33.8. The molecule has 11 heteroatoms. The summed E-state index contributed by atoms with van der Waals surface area (Å²) < 4.78 is 28.5. The summed E-state index contributed by atoms with van der Waals surface area (Å²) in [6.45, 7) is 7.82. The molecular weight excluding hydrogens is 724 g/mol. The van der Waals surface area contributed by atoms with Gasteiger partial charge in [-0.15, -0.1) is 23.5 Å². The molecule has 0 bridgehead atoms. The highest BCUT2D eigenvalue weighted by Crippen LogP contribution is 2.45. The molecule has 8 nitrogen and oxygen atoms in total. The monoisotopic (exact) mass is 766 g/mol. The lowest BCUT2D eigenvalue weighted by atomic mass is 10.1. The summed E-state index contributed by atoms with van der Waals surface area (Å²) in [6.07, 6.45) is 0. The second-order valence-electron chi connectivity index (χ2n) is 11.7. The summed E-state index contributed by atoms with van der Waals surface area (Å²) in [5, 5.41) is 10.2. The number of hydrogen-bond donors (Lipinski definition) is 1. The van der Waals surface area contributed by atoms with Gasteiger partial charge in [0.05, 0.1) is 43.5 Å². The molecule has 2 fully saturated rings. The second-order valence-corrected chi connectivity index (χ2v) is 15.1. The minimum atomic E-state index is -0.108. The van der Waals surface area contributed by atoms with Crippen LogP contribution in [0.5, 0.6) is 11.5 Å². The molecule has 1 N–H and O–H groups in total. The molecule has 4 aromatic rings. The largest absolute Gasteiger partial charge is 0.492 e. The maximum Gasteiger partial charge on any atom is 0.188 e. The van der Waals surface area contributed by atoms with E-state index in [0.29, 0.717) is 5.25 Å². The Morgan fingerprint density at radius 3 is 2.27 bits per heavy atom. The van der Waals surface area contributed by atoms with Crippen LogP contribution in [0.4, 0.5) is 11.4 Å². The maximum atomic E-state index is 9.97. The molecule has 0 aliphatic carbocycles. The summed E-state index contributed by atoms with van der Waals surface area (Å²) in [5.74, 6) is 1.76. The first kappa shape index (κ1) is 35.9. The number of anilines is 2. The van der Waals surface area contributed by atoms with E-state index in [2.05, 4.69) is 86.4 Å². The lowest BCUT2D eigenvalue weighted by molar-refractivity contribution is 0.0502. The number of halogens is 1. The van der Waals surface area contributed by atoms with Gasteiger partial charge < -0.3 is 38.6 Å². The Bertz CT molecular complexity index is 1640. The Hall–Kier alpha value is -2.90. The van der Waals surface area contributed by atoms with Crippen LogP contribution in [0.15, 0.2) is 105 Å². The van der Waals surface area contributed by atoms with Crippen molar-refractivity contribution >= 4 is 50.8 Å². The zero-order valence-electron chi connectivity index (χ0n) is 27.7. The number of para-hydroxylation sites is 2. The Labute approximate surface area is 306 Å². The average Bonchev–Trinajstić information content (AvgIpc) is 3.56. The molecule has 2 unspecified atom stereocenters. The second kappa shape index (κ2) is 18.4. The van der Waals surface area contributed by atoms with Gasteiger partial charge in [-0.05, 0) is 48.5 Å². The van der Waals surface area contributed by atoms with Gasteiger partial charge in [0, 0.05) is 70.1 Å². The highest BCUT2D eigenvalue weighted by Gasteiger charge is 2.25. The van der Waals surface area contributed by atoms with Gasteiger partial charge in [0.25, 0.3) is 0 Å². The van der Waals surface area contributed by atoms with E-state index in [4.69, 9.17) is 23.7 Å². The number of morpholine rings is 2. The summed E-state index contributed by atoms with van der Waals surface area (Å²) in [5.41, 5.74) is 4.72. The fraction of sp³-hybridized carbons (Fsp3) is 0.368. The Morgan fingerprint density at radius 2 is 1.51 bits per heavy atom. The SMILES string of the molecule is Brc1cc(SC2COc3ccccc32)cc(N2CCOCC2)c1.COCOc1ccccc1C(CO)Sc1cccc(N2CCOCC2)c1. The van der Waals surface area contributed by atoms with Gasteiger partial charge in [-0.1, -0.05) is 58.4 Å². The summed E-state index contributed by atoms with van der Waals surface area (Å²) >= 11 is 7.17. The van der Waals surface area contributed by atoms with E-state index in [-0.39, 0.29) is 18.6 Å². The summed E-state index contributed by atoms with van der Waals surface area (Å²) in [6, 6.07) is 31.2. The van der Waals surface area contributed by atoms with Crippen molar-refractivity contribution in [2.45, 2.75) is 20.3 Å². The van der Waals surface area contributed by atoms with Crippen LogP contribution in [0.3, 0.4) is 0 Å². The minimum Gasteiger partial charge on any atom is -0.492 e. The minimum absolute atomic E-state index is 0.0276. The number of ether oxygens (including phenoxy) is 5. The third-order valence-electron chi connectivity index (χ3n) is 8.40. The van der Waals surface area contributed by atoms with Crippen molar-refractivity contribution < 1.29 is 28.8 Å². The van der Waals surface area contributed by atoms with Crippen molar-refractivity contribution in [3.8, 4) is 11.5 Å². The Balaban J connectivity index is 0.000000171. The third-order valence-corrected chi connectivity index (χ3v) is 11.3. The molecule has 0 aromatic heterocycles. The highest BCUT2D eigenvalue weighted by molar-refractivity contribution is 9.10. The van der Waals surface area contributed by atoms with Crippen molar-refractivity contribution in [1.82, 2.24) is 0 Å². The molecule has 2 saturated heterocycles. The number of rotatable bonds is 11. The fourth-order valence-electron chi connectivity index (χ4n) is 5.95. The van der Waals surface area contributed by atoms with E-state index in [9.17, 15) is 5.11 Å². The number of thioether (sulfide) groups is 2. The van der Waals surface area contributed by atoms with E-state index in [0.717, 1.165) is 85.6 Å². The highest BCUT2D eigenvalue weighted by atomic mass is 79.9. The smallest absolute Gasteiger partial charge is 0.188 e. The first-order valence-corrected chi connectivity index (χ1v) is 19.1. The van der Waals surface area contributed by atoms with Crippen LogP contribution < -0.4 is 19.3 Å². The van der Waals surface area contributed by atoms with Crippen molar-refractivity contribution in [2.75, 3.05) is 89.5 Å². The van der Waals surface area contributed by atoms with E-state index >= 15 is 0 Å². The van der Waals surface area contributed by atoms with Crippen LogP contribution in [-0.4, -0.2) is 84.8 Å². The average molecular weight is 768 g/mol. The number of fused-ring (bicyclic) bond motifs is 1. The Kier molecular flexibility index (Phi) is 13.5. The standard InChI is InChI=1S/C20H25NO4S.C18H18BrNO2S/c1-23-15-25-19-8-3-2-7-18(19)20(14-22)26-17-6-4-5-16(13-17)21-9-11-24-12-10-21;19-13-9-14(20-5-7-21-8-6-20)11-15(10-13)23-18-12-22-17-4-2-1-3-16(17)18/h2-8,13,20,22H,9-12,14-15H2,1H3;1-4,9-11,18H,5-8,12H2. The van der Waals surface area contributed by atoms with E-state index in [1.165, 1.54) is 21.8 Å². The molecule has 2 atom stereocenters. The molecule has 7 rings (SSSR count). The molecule has 3 aliphatic heterocycles. The maximum absolute atomic E-state index is 9.97. The van der Waals surface area contributed by atoms with Crippen LogP contribution in [0, 0.1) is 0 Å². The molecule has 0 saturated carbocycles. The lowest BCUT2D eigenvalue weighted by Gasteiger charge is -2.29. The number of methoxy groups -OCH3 is 1. The lowest BCUT2D eigenvalue weighted by Crippen LogP contribution is -2.36. The fourth-order valence-corrected chi connectivity index (χ4v) is 8.83. The van der Waals surface area contributed by atoms with Crippen molar-refractivity contribution in [3.63, 3.8) is 0 Å². The predicted octanol–water partition coefficient (Wildman–Crippen LogP) is 7.84. The quantitative estimate of drug-likeness (QED) is 0.121. The number of nitrogens with zero attached hydrogens (tertiary/aromatic N) is 2. The topological polar surface area (TPSA) is 72.9 Å². The van der Waals surface area contributed by atoms with Gasteiger partial charge >= 0.3 is 0 Å². The van der Waals surface area contributed by atoms with Crippen LogP contribution in [0.25, 0.3) is 0 Å². The van der Waals surface area contributed by atoms with Gasteiger partial charge in [0.2, 0.25) is 0 Å². The van der Waals surface area contributed by atoms with Crippen LogP contribution in [0.2, 0.25) is 0 Å². The predicted molar refractivity (Wildman–Crippen MR) is 202 cm³/mol. The summed E-state index contributed by atoms with van der Waals surface area (Å²) in [4.78, 5) is 7.11. The number of aliphatic hydroxyl groups excluding tert-OH is 1. The molecule has 260 valence electrons. The summed E-state index contributed by atoms with van der Waals surface area (Å²) in [7, 11) is 1.60. The van der Waals surface area contributed by atoms with Crippen molar-refractivity contribution in [2.24, 2.45) is 0 Å². The normalized spacial score (nSPS) is 17.8. The van der Waals surface area contributed by atoms with Crippen LogP contribution >= 0.6 is 39.5 Å². The van der Waals surface area contributed by atoms with E-state index in [1.54, 1.807) is 18.9 Å². The van der Waals surface area contributed by atoms with E-state index < -0.39 is 0 Å². The third kappa shape index (κ3) is 9.88. The molecule has 0 radical (unpaired) electrons. The molecule has 49 heavy (non-hydrogen) atoms. The van der Waals surface area contributed by atoms with Gasteiger partial charge in [0.1, 0.15) is 18.1 Å². The number of hydrogen-bond acceptors (Lipinski definition) is 10. The van der Waals surface area contributed by atoms with Gasteiger partial charge in [-0.3, -0.25) is 0 Å². The molecule has 3 heterocycles. The van der Waals surface area contributed by atoms with Gasteiger partial charge in [-0.2, -0.15) is 0 Å².